The van der Waals surface area contributed by atoms with Gasteiger partial charge in [0.2, 0.25) is 5.95 Å². The van der Waals surface area contributed by atoms with Crippen LogP contribution in [0.5, 0.6) is 0 Å². The number of anilines is 1. The Hall–Kier alpha value is -1.58. The van der Waals surface area contributed by atoms with E-state index in [1.54, 1.807) is 0 Å². The van der Waals surface area contributed by atoms with Crippen molar-refractivity contribution in [3.63, 3.8) is 0 Å². The van der Waals surface area contributed by atoms with Crippen molar-refractivity contribution in [1.82, 2.24) is 14.6 Å². The van der Waals surface area contributed by atoms with E-state index in [1.807, 2.05) is 16.8 Å². The lowest BCUT2D eigenvalue weighted by Crippen LogP contribution is -2.20. The largest absolute Gasteiger partial charge is 0.353 e. The van der Waals surface area contributed by atoms with Crippen molar-refractivity contribution in [2.45, 2.75) is 32.6 Å². The van der Waals surface area contributed by atoms with Gasteiger partial charge in [-0.2, -0.15) is 4.98 Å². The zero-order chi connectivity index (χ0) is 12.8. The van der Waals surface area contributed by atoms with Gasteiger partial charge in [-0.1, -0.05) is 12.5 Å². The number of aryl methyl sites for hydroxylation is 1. The number of hydrogen-bond acceptors (Lipinski definition) is 3. The zero-order valence-electron chi connectivity index (χ0n) is 11.3. The summed E-state index contributed by atoms with van der Waals surface area (Å²) in [5.41, 5.74) is 2.12. The quantitative estimate of drug-likeness (QED) is 0.918. The standard InChI is InChI=1S/C15H20N4/c1-10-2-5-14-17-15(18-19(14)9-10)16-8-13-7-11-3-4-12(13)6-11/h2,5,9,11-13H,3-4,6-8H2,1H3,(H,16,18). The molecule has 0 spiro atoms. The summed E-state index contributed by atoms with van der Waals surface area (Å²) in [7, 11) is 0. The molecule has 2 heterocycles. The van der Waals surface area contributed by atoms with Gasteiger partial charge in [-0.25, -0.2) is 4.52 Å². The number of nitrogens with one attached hydrogen (secondary N) is 1. The summed E-state index contributed by atoms with van der Waals surface area (Å²) in [6.07, 6.45) is 7.79. The van der Waals surface area contributed by atoms with Gasteiger partial charge in [0, 0.05) is 12.7 Å². The van der Waals surface area contributed by atoms with Crippen LogP contribution in [-0.4, -0.2) is 21.1 Å². The Kier molecular flexibility index (Phi) is 2.50. The van der Waals surface area contributed by atoms with Gasteiger partial charge in [0.25, 0.3) is 0 Å². The molecule has 2 saturated carbocycles. The number of aromatic nitrogens is 3. The fraction of sp³-hybridized carbons (Fsp3) is 0.600. The molecule has 4 heteroatoms. The number of hydrogen-bond donors (Lipinski definition) is 1. The van der Waals surface area contributed by atoms with E-state index in [2.05, 4.69) is 28.4 Å². The molecule has 0 amide bonds. The topological polar surface area (TPSA) is 42.2 Å². The van der Waals surface area contributed by atoms with Gasteiger partial charge in [0.15, 0.2) is 5.65 Å². The van der Waals surface area contributed by atoms with E-state index in [0.717, 1.165) is 35.9 Å². The van der Waals surface area contributed by atoms with Crippen LogP contribution in [0.1, 0.15) is 31.2 Å². The van der Waals surface area contributed by atoms with Crippen molar-refractivity contribution in [2.75, 3.05) is 11.9 Å². The van der Waals surface area contributed by atoms with Crippen LogP contribution < -0.4 is 5.32 Å². The highest BCUT2D eigenvalue weighted by molar-refractivity contribution is 5.44. The molecule has 0 saturated heterocycles. The van der Waals surface area contributed by atoms with Crippen LogP contribution >= 0.6 is 0 Å². The minimum Gasteiger partial charge on any atom is -0.353 e. The minimum absolute atomic E-state index is 0.772. The van der Waals surface area contributed by atoms with Gasteiger partial charge < -0.3 is 5.32 Å². The number of rotatable bonds is 3. The van der Waals surface area contributed by atoms with Crippen LogP contribution in [0.15, 0.2) is 18.3 Å². The Morgan fingerprint density at radius 3 is 3.05 bits per heavy atom. The predicted octanol–water partition coefficient (Wildman–Crippen LogP) is 2.89. The van der Waals surface area contributed by atoms with Crippen LogP contribution in [0.4, 0.5) is 5.95 Å². The van der Waals surface area contributed by atoms with E-state index in [1.165, 1.54) is 31.2 Å². The lowest BCUT2D eigenvalue weighted by molar-refractivity contribution is 0.348. The average molecular weight is 256 g/mol. The van der Waals surface area contributed by atoms with E-state index < -0.39 is 0 Å². The van der Waals surface area contributed by atoms with Crippen molar-refractivity contribution < 1.29 is 0 Å². The predicted molar refractivity (Wildman–Crippen MR) is 75.2 cm³/mol. The molecule has 1 N–H and O–H groups in total. The second kappa shape index (κ2) is 4.22. The molecular weight excluding hydrogens is 236 g/mol. The summed E-state index contributed by atoms with van der Waals surface area (Å²) in [6.45, 7) is 3.11. The van der Waals surface area contributed by atoms with Crippen molar-refractivity contribution in [3.8, 4) is 0 Å². The Morgan fingerprint density at radius 2 is 2.26 bits per heavy atom. The highest BCUT2D eigenvalue weighted by atomic mass is 15.3. The minimum atomic E-state index is 0.772. The van der Waals surface area contributed by atoms with Crippen LogP contribution in [0.3, 0.4) is 0 Å². The maximum atomic E-state index is 4.52. The fourth-order valence-corrected chi connectivity index (χ4v) is 3.91. The Labute approximate surface area is 113 Å². The van der Waals surface area contributed by atoms with Gasteiger partial charge in [-0.3, -0.25) is 0 Å². The third-order valence-corrected chi connectivity index (χ3v) is 4.89. The van der Waals surface area contributed by atoms with E-state index in [0.29, 0.717) is 0 Å². The highest BCUT2D eigenvalue weighted by Crippen LogP contribution is 2.48. The van der Waals surface area contributed by atoms with E-state index >= 15 is 0 Å². The van der Waals surface area contributed by atoms with Gasteiger partial charge in [0.05, 0.1) is 0 Å². The maximum absolute atomic E-state index is 4.52. The molecule has 3 atom stereocenters. The van der Waals surface area contributed by atoms with Crippen molar-refractivity contribution in [2.24, 2.45) is 17.8 Å². The molecule has 2 bridgehead atoms. The smallest absolute Gasteiger partial charge is 0.243 e. The number of pyridine rings is 1. The van der Waals surface area contributed by atoms with E-state index in [4.69, 9.17) is 0 Å². The zero-order valence-corrected chi connectivity index (χ0v) is 11.3. The molecule has 3 unspecified atom stereocenters. The summed E-state index contributed by atoms with van der Waals surface area (Å²) in [4.78, 5) is 4.52. The molecule has 0 radical (unpaired) electrons. The van der Waals surface area contributed by atoms with Gasteiger partial charge in [-0.05, 0) is 55.6 Å². The molecule has 2 aliphatic carbocycles. The maximum Gasteiger partial charge on any atom is 0.243 e. The summed E-state index contributed by atoms with van der Waals surface area (Å²) in [6, 6.07) is 4.09. The summed E-state index contributed by atoms with van der Waals surface area (Å²) < 4.78 is 1.86. The second-order valence-corrected chi connectivity index (χ2v) is 6.26. The first-order valence-corrected chi connectivity index (χ1v) is 7.35. The van der Waals surface area contributed by atoms with E-state index in [9.17, 15) is 0 Å². The molecule has 0 aromatic carbocycles. The van der Waals surface area contributed by atoms with Gasteiger partial charge in [0.1, 0.15) is 0 Å². The van der Waals surface area contributed by atoms with Crippen molar-refractivity contribution in [3.05, 3.63) is 23.9 Å². The van der Waals surface area contributed by atoms with Crippen molar-refractivity contribution >= 4 is 11.6 Å². The summed E-state index contributed by atoms with van der Waals surface area (Å²) >= 11 is 0. The van der Waals surface area contributed by atoms with Crippen molar-refractivity contribution in [1.29, 1.82) is 0 Å². The highest BCUT2D eigenvalue weighted by Gasteiger charge is 2.39. The fourth-order valence-electron chi connectivity index (χ4n) is 3.91. The van der Waals surface area contributed by atoms with Crippen LogP contribution in [0.25, 0.3) is 5.65 Å². The summed E-state index contributed by atoms with van der Waals surface area (Å²) in [5.74, 6) is 3.57. The normalized spacial score (nSPS) is 29.2. The van der Waals surface area contributed by atoms with Crippen LogP contribution in [-0.2, 0) is 0 Å². The van der Waals surface area contributed by atoms with E-state index in [-0.39, 0.29) is 0 Å². The Bertz CT molecular complexity index is 603. The number of nitrogens with zero attached hydrogens (tertiary/aromatic N) is 3. The summed E-state index contributed by atoms with van der Waals surface area (Å²) in [5, 5.41) is 7.93. The third kappa shape index (κ3) is 1.99. The third-order valence-electron chi connectivity index (χ3n) is 4.89. The Balaban J connectivity index is 1.46. The Morgan fingerprint density at radius 1 is 1.32 bits per heavy atom. The molecule has 2 aliphatic rings. The monoisotopic (exact) mass is 256 g/mol. The van der Waals surface area contributed by atoms with Gasteiger partial charge in [-0.15, -0.1) is 5.10 Å². The first-order valence-electron chi connectivity index (χ1n) is 7.35. The number of fused-ring (bicyclic) bond motifs is 3. The SMILES string of the molecule is Cc1ccc2nc(NCC3CC4CCC3C4)nn2c1. The van der Waals surface area contributed by atoms with Crippen LogP contribution in [0, 0.1) is 24.7 Å². The van der Waals surface area contributed by atoms with Crippen LogP contribution in [0.2, 0.25) is 0 Å². The first-order chi connectivity index (χ1) is 9.28. The molecular formula is C15H20N4. The van der Waals surface area contributed by atoms with Gasteiger partial charge >= 0.3 is 0 Å². The molecule has 2 aromatic heterocycles. The molecule has 2 fully saturated rings. The molecule has 4 nitrogen and oxygen atoms in total. The molecule has 19 heavy (non-hydrogen) atoms. The molecule has 100 valence electrons. The first kappa shape index (κ1) is 11.3. The lowest BCUT2D eigenvalue weighted by Gasteiger charge is -2.21. The molecule has 0 aliphatic heterocycles. The lowest BCUT2D eigenvalue weighted by atomic mass is 9.89. The average Bonchev–Trinajstić information content (AvgIpc) is 3.09. The molecule has 2 aromatic rings. The molecule has 4 rings (SSSR count). The second-order valence-electron chi connectivity index (χ2n) is 6.26.